The molecule has 0 aliphatic heterocycles. The van der Waals surface area contributed by atoms with E-state index in [0.29, 0.717) is 6.04 Å². The lowest BCUT2D eigenvalue weighted by atomic mass is 10.2. The maximum absolute atomic E-state index is 10.7. The van der Waals surface area contributed by atoms with Gasteiger partial charge in [-0.05, 0) is 25.7 Å². The van der Waals surface area contributed by atoms with Crippen LogP contribution in [0.15, 0.2) is 0 Å². The summed E-state index contributed by atoms with van der Waals surface area (Å²) in [6.07, 6.45) is 2.51. The lowest BCUT2D eigenvalue weighted by molar-refractivity contribution is -0.120. The lowest BCUT2D eigenvalue weighted by Gasteiger charge is -2.10. The Morgan fingerprint density at radius 3 is 2.80 bits per heavy atom. The second-order valence-corrected chi connectivity index (χ2v) is 2.90. The van der Waals surface area contributed by atoms with Crippen LogP contribution in [0.1, 0.15) is 19.8 Å². The van der Waals surface area contributed by atoms with E-state index in [1.54, 1.807) is 0 Å². The van der Waals surface area contributed by atoms with E-state index in [-0.39, 0.29) is 12.5 Å². The van der Waals surface area contributed by atoms with Crippen LogP contribution in [-0.2, 0) is 4.79 Å². The molecular weight excluding hydrogens is 128 g/mol. The summed E-state index contributed by atoms with van der Waals surface area (Å²) in [6.45, 7) is 2.14. The van der Waals surface area contributed by atoms with Crippen molar-refractivity contribution < 1.29 is 4.79 Å². The van der Waals surface area contributed by atoms with Gasteiger partial charge < -0.3 is 11.1 Å². The van der Waals surface area contributed by atoms with Crippen molar-refractivity contribution in [1.82, 2.24) is 5.32 Å². The fraction of sp³-hybridized carbons (Fsp3) is 0.857. The van der Waals surface area contributed by atoms with E-state index in [9.17, 15) is 4.79 Å². The van der Waals surface area contributed by atoms with Crippen LogP contribution in [0.3, 0.4) is 0 Å². The summed E-state index contributed by atoms with van der Waals surface area (Å²) < 4.78 is 0. The molecule has 1 aliphatic rings. The molecule has 1 rings (SSSR count). The van der Waals surface area contributed by atoms with Crippen molar-refractivity contribution in [3.05, 3.63) is 0 Å². The van der Waals surface area contributed by atoms with E-state index in [4.69, 9.17) is 5.73 Å². The summed E-state index contributed by atoms with van der Waals surface area (Å²) in [5.74, 6) is 0.676. The predicted molar refractivity (Wildman–Crippen MR) is 39.4 cm³/mol. The first-order valence-corrected chi connectivity index (χ1v) is 3.73. The Morgan fingerprint density at radius 1 is 1.80 bits per heavy atom. The predicted octanol–water partition coefficient (Wildman–Crippen LogP) is -0.140. The van der Waals surface area contributed by atoms with Crippen molar-refractivity contribution in [2.45, 2.75) is 25.8 Å². The second kappa shape index (κ2) is 3.01. The molecule has 0 bridgehead atoms. The van der Waals surface area contributed by atoms with Gasteiger partial charge >= 0.3 is 0 Å². The Labute approximate surface area is 61.0 Å². The van der Waals surface area contributed by atoms with Crippen LogP contribution < -0.4 is 11.1 Å². The summed E-state index contributed by atoms with van der Waals surface area (Å²) in [6, 6.07) is 0.330. The van der Waals surface area contributed by atoms with E-state index in [1.807, 2.05) is 6.92 Å². The number of carbonyl (C=O) groups excluding carboxylic acids is 1. The Hall–Kier alpha value is -0.570. The van der Waals surface area contributed by atoms with Crippen LogP contribution in [0.5, 0.6) is 0 Å². The van der Waals surface area contributed by atoms with Gasteiger partial charge in [-0.3, -0.25) is 4.79 Å². The summed E-state index contributed by atoms with van der Waals surface area (Å²) in [7, 11) is 0. The van der Waals surface area contributed by atoms with Crippen LogP contribution in [0, 0.1) is 5.92 Å². The largest absolute Gasteiger partial charge is 0.352 e. The number of amides is 1. The monoisotopic (exact) mass is 142 g/mol. The molecule has 10 heavy (non-hydrogen) atoms. The van der Waals surface area contributed by atoms with Crippen LogP contribution in [0.2, 0.25) is 0 Å². The molecule has 3 N–H and O–H groups in total. The average Bonchev–Trinajstić information content (AvgIpc) is 2.68. The Balaban J connectivity index is 2.16. The van der Waals surface area contributed by atoms with Crippen molar-refractivity contribution in [3.63, 3.8) is 0 Å². The first-order valence-electron chi connectivity index (χ1n) is 3.73. The molecule has 1 fully saturated rings. The first kappa shape index (κ1) is 7.54. The highest BCUT2D eigenvalue weighted by atomic mass is 16.1. The highest BCUT2D eigenvalue weighted by molar-refractivity contribution is 5.78. The standard InChI is InChI=1S/C7H14N2O/c1-5(6-2-3-6)9-7(10)4-8/h5-6H,2-4,8H2,1H3,(H,9,10). The molecule has 1 atom stereocenters. The summed E-state index contributed by atoms with van der Waals surface area (Å²) in [4.78, 5) is 10.7. The Bertz CT molecular complexity index is 132. The van der Waals surface area contributed by atoms with Gasteiger partial charge in [0.15, 0.2) is 0 Å². The maximum atomic E-state index is 10.7. The highest BCUT2D eigenvalue weighted by Crippen LogP contribution is 2.32. The Morgan fingerprint density at radius 2 is 2.40 bits per heavy atom. The van der Waals surface area contributed by atoms with Gasteiger partial charge in [-0.1, -0.05) is 0 Å². The van der Waals surface area contributed by atoms with Gasteiger partial charge in [-0.25, -0.2) is 0 Å². The molecule has 1 amide bonds. The number of hydrogen-bond acceptors (Lipinski definition) is 2. The second-order valence-electron chi connectivity index (χ2n) is 2.90. The fourth-order valence-electron chi connectivity index (χ4n) is 1.03. The van der Waals surface area contributed by atoms with Crippen LogP contribution >= 0.6 is 0 Å². The average molecular weight is 142 g/mol. The molecule has 0 heterocycles. The zero-order valence-electron chi connectivity index (χ0n) is 6.26. The number of nitrogens with one attached hydrogen (secondary N) is 1. The van der Waals surface area contributed by atoms with Gasteiger partial charge in [0.05, 0.1) is 6.54 Å². The number of carbonyl (C=O) groups is 1. The zero-order chi connectivity index (χ0) is 7.56. The molecule has 0 saturated heterocycles. The maximum Gasteiger partial charge on any atom is 0.233 e. The molecular formula is C7H14N2O. The first-order chi connectivity index (χ1) is 4.74. The van der Waals surface area contributed by atoms with E-state index < -0.39 is 0 Å². The molecule has 3 heteroatoms. The minimum Gasteiger partial charge on any atom is -0.352 e. The van der Waals surface area contributed by atoms with Crippen molar-refractivity contribution in [2.75, 3.05) is 6.54 Å². The molecule has 1 saturated carbocycles. The van der Waals surface area contributed by atoms with Gasteiger partial charge in [0.2, 0.25) is 5.91 Å². The van der Waals surface area contributed by atoms with Crippen LogP contribution in [0.25, 0.3) is 0 Å². The highest BCUT2D eigenvalue weighted by Gasteiger charge is 2.28. The van der Waals surface area contributed by atoms with E-state index in [0.717, 1.165) is 5.92 Å². The molecule has 0 aromatic rings. The Kier molecular flexibility index (Phi) is 2.27. The van der Waals surface area contributed by atoms with Crippen molar-refractivity contribution in [3.8, 4) is 0 Å². The summed E-state index contributed by atoms with van der Waals surface area (Å²) >= 11 is 0. The molecule has 1 unspecified atom stereocenters. The third kappa shape index (κ3) is 1.99. The molecule has 0 aromatic carbocycles. The summed E-state index contributed by atoms with van der Waals surface area (Å²) in [5.41, 5.74) is 5.13. The smallest absolute Gasteiger partial charge is 0.233 e. The van der Waals surface area contributed by atoms with Gasteiger partial charge in [-0.2, -0.15) is 0 Å². The summed E-state index contributed by atoms with van der Waals surface area (Å²) in [5, 5.41) is 2.83. The third-order valence-electron chi connectivity index (χ3n) is 1.90. The SMILES string of the molecule is CC(NC(=O)CN)C1CC1. The molecule has 1 aliphatic carbocycles. The van der Waals surface area contributed by atoms with Crippen LogP contribution in [-0.4, -0.2) is 18.5 Å². The number of rotatable bonds is 3. The van der Waals surface area contributed by atoms with E-state index >= 15 is 0 Å². The minimum atomic E-state index is -0.0422. The van der Waals surface area contributed by atoms with Gasteiger partial charge in [0.25, 0.3) is 0 Å². The minimum absolute atomic E-state index is 0.0422. The van der Waals surface area contributed by atoms with Crippen molar-refractivity contribution in [1.29, 1.82) is 0 Å². The quantitative estimate of drug-likeness (QED) is 0.576. The third-order valence-corrected chi connectivity index (χ3v) is 1.90. The van der Waals surface area contributed by atoms with E-state index in [1.165, 1.54) is 12.8 Å². The number of hydrogen-bond donors (Lipinski definition) is 2. The molecule has 0 aromatic heterocycles. The van der Waals surface area contributed by atoms with Crippen LogP contribution in [0.4, 0.5) is 0 Å². The zero-order valence-corrected chi connectivity index (χ0v) is 6.26. The topological polar surface area (TPSA) is 55.1 Å². The fourth-order valence-corrected chi connectivity index (χ4v) is 1.03. The molecule has 0 spiro atoms. The molecule has 3 nitrogen and oxygen atoms in total. The van der Waals surface area contributed by atoms with Crippen molar-refractivity contribution in [2.24, 2.45) is 11.7 Å². The molecule has 0 radical (unpaired) electrons. The lowest BCUT2D eigenvalue weighted by Crippen LogP contribution is -2.38. The number of nitrogens with two attached hydrogens (primary N) is 1. The normalized spacial score (nSPS) is 20.2. The van der Waals surface area contributed by atoms with Crippen molar-refractivity contribution >= 4 is 5.91 Å². The van der Waals surface area contributed by atoms with Gasteiger partial charge in [0, 0.05) is 6.04 Å². The molecule has 58 valence electrons. The van der Waals surface area contributed by atoms with Gasteiger partial charge in [-0.15, -0.1) is 0 Å². The van der Waals surface area contributed by atoms with Gasteiger partial charge in [0.1, 0.15) is 0 Å². The van der Waals surface area contributed by atoms with E-state index in [2.05, 4.69) is 5.32 Å².